The van der Waals surface area contributed by atoms with Gasteiger partial charge in [-0.2, -0.15) is 0 Å². The second-order valence-electron chi connectivity index (χ2n) is 8.47. The predicted octanol–water partition coefficient (Wildman–Crippen LogP) is 3.83. The fraction of sp³-hybridized carbons (Fsp3) is 0.462. The number of amides is 2. The van der Waals surface area contributed by atoms with Gasteiger partial charge in [-0.25, -0.2) is 0 Å². The molecule has 32 heavy (non-hydrogen) atoms. The molecule has 2 amide bonds. The molecule has 0 N–H and O–H groups in total. The first-order valence-electron chi connectivity index (χ1n) is 11.3. The van der Waals surface area contributed by atoms with Gasteiger partial charge in [0.1, 0.15) is 11.5 Å². The summed E-state index contributed by atoms with van der Waals surface area (Å²) in [5, 5.41) is 0. The van der Waals surface area contributed by atoms with Crippen molar-refractivity contribution in [2.45, 2.75) is 40.5 Å². The van der Waals surface area contributed by atoms with Gasteiger partial charge in [-0.1, -0.05) is 24.3 Å². The number of piperazine rings is 1. The van der Waals surface area contributed by atoms with Crippen LogP contribution in [-0.4, -0.2) is 61.0 Å². The van der Waals surface area contributed by atoms with Gasteiger partial charge in [-0.15, -0.1) is 0 Å². The minimum atomic E-state index is -0.0441. The molecular weight excluding hydrogens is 404 g/mol. The van der Waals surface area contributed by atoms with Crippen molar-refractivity contribution in [1.29, 1.82) is 0 Å². The van der Waals surface area contributed by atoms with Crippen LogP contribution in [0.2, 0.25) is 0 Å². The highest BCUT2D eigenvalue weighted by Gasteiger charge is 2.24. The van der Waals surface area contributed by atoms with Crippen LogP contribution >= 0.6 is 0 Å². The van der Waals surface area contributed by atoms with Gasteiger partial charge in [0.15, 0.2) is 6.61 Å². The van der Waals surface area contributed by atoms with Gasteiger partial charge in [0, 0.05) is 32.6 Å². The Morgan fingerprint density at radius 3 is 2.03 bits per heavy atom. The molecule has 0 bridgehead atoms. The molecule has 1 aliphatic heterocycles. The molecule has 0 radical (unpaired) electrons. The van der Waals surface area contributed by atoms with Crippen LogP contribution in [0.1, 0.15) is 35.1 Å². The first-order chi connectivity index (χ1) is 15.3. The Morgan fingerprint density at radius 1 is 0.781 bits per heavy atom. The summed E-state index contributed by atoms with van der Waals surface area (Å²) >= 11 is 0. The van der Waals surface area contributed by atoms with Gasteiger partial charge in [0.05, 0.1) is 6.61 Å². The molecule has 1 aliphatic rings. The highest BCUT2D eigenvalue weighted by molar-refractivity contribution is 5.79. The number of benzene rings is 2. The van der Waals surface area contributed by atoms with E-state index in [9.17, 15) is 9.59 Å². The molecule has 0 unspecified atom stereocenters. The first kappa shape index (κ1) is 23.6. The maximum atomic E-state index is 12.5. The molecule has 6 heteroatoms. The molecule has 0 spiro atoms. The van der Waals surface area contributed by atoms with Crippen molar-refractivity contribution in [2.75, 3.05) is 39.4 Å². The Hall–Kier alpha value is -3.02. The molecule has 0 aliphatic carbocycles. The summed E-state index contributed by atoms with van der Waals surface area (Å²) in [6, 6.07) is 11.9. The van der Waals surface area contributed by atoms with Gasteiger partial charge in [0.25, 0.3) is 5.91 Å². The van der Waals surface area contributed by atoms with E-state index in [-0.39, 0.29) is 18.4 Å². The molecule has 1 fully saturated rings. The standard InChI is InChI=1S/C26H34N2O4/c1-19-10-11-23(17-22(19)4)32-18-25(30)28-14-12-27(13-15-28)24(29)9-6-16-31-26-20(2)7-5-8-21(26)3/h5,7-8,10-11,17H,6,9,12-16,18H2,1-4H3. The maximum Gasteiger partial charge on any atom is 0.260 e. The van der Waals surface area contributed by atoms with E-state index in [2.05, 4.69) is 0 Å². The highest BCUT2D eigenvalue weighted by atomic mass is 16.5. The third-order valence-corrected chi connectivity index (χ3v) is 6.02. The molecule has 1 saturated heterocycles. The van der Waals surface area contributed by atoms with Crippen molar-refractivity contribution < 1.29 is 19.1 Å². The zero-order valence-electron chi connectivity index (χ0n) is 19.6. The minimum absolute atomic E-state index is 0.0199. The average Bonchev–Trinajstić information content (AvgIpc) is 2.78. The van der Waals surface area contributed by atoms with Gasteiger partial charge >= 0.3 is 0 Å². The van der Waals surface area contributed by atoms with Gasteiger partial charge < -0.3 is 19.3 Å². The van der Waals surface area contributed by atoms with E-state index in [0.717, 1.165) is 22.4 Å². The summed E-state index contributed by atoms with van der Waals surface area (Å²) in [6.45, 7) is 10.9. The van der Waals surface area contributed by atoms with Crippen LogP contribution in [-0.2, 0) is 9.59 Å². The molecule has 1 heterocycles. The van der Waals surface area contributed by atoms with E-state index in [0.29, 0.717) is 51.4 Å². The van der Waals surface area contributed by atoms with Crippen molar-refractivity contribution in [3.05, 3.63) is 58.7 Å². The molecule has 0 aromatic heterocycles. The number of para-hydroxylation sites is 1. The van der Waals surface area contributed by atoms with E-state index >= 15 is 0 Å². The Kier molecular flexibility index (Phi) is 8.14. The molecule has 2 aromatic rings. The zero-order valence-corrected chi connectivity index (χ0v) is 19.6. The number of ether oxygens (including phenoxy) is 2. The summed E-state index contributed by atoms with van der Waals surface area (Å²) < 4.78 is 11.6. The van der Waals surface area contributed by atoms with Crippen LogP contribution in [0.15, 0.2) is 36.4 Å². The number of hydrogen-bond donors (Lipinski definition) is 0. The lowest BCUT2D eigenvalue weighted by molar-refractivity contribution is -0.140. The number of carbonyl (C=O) groups excluding carboxylic acids is 2. The summed E-state index contributed by atoms with van der Waals surface area (Å²) in [5.74, 6) is 1.69. The Morgan fingerprint density at radius 2 is 1.41 bits per heavy atom. The lowest BCUT2D eigenvalue weighted by Gasteiger charge is -2.34. The normalized spacial score (nSPS) is 13.8. The molecular formula is C26H34N2O4. The number of hydrogen-bond acceptors (Lipinski definition) is 4. The van der Waals surface area contributed by atoms with Crippen LogP contribution in [0.25, 0.3) is 0 Å². The fourth-order valence-electron chi connectivity index (χ4n) is 3.83. The molecule has 6 nitrogen and oxygen atoms in total. The Bertz CT molecular complexity index is 929. The highest BCUT2D eigenvalue weighted by Crippen LogP contribution is 2.22. The smallest absolute Gasteiger partial charge is 0.260 e. The summed E-state index contributed by atoms with van der Waals surface area (Å²) in [5.41, 5.74) is 4.56. The topological polar surface area (TPSA) is 59.1 Å². The Balaban J connectivity index is 1.35. The van der Waals surface area contributed by atoms with Crippen LogP contribution in [0, 0.1) is 27.7 Å². The van der Waals surface area contributed by atoms with Crippen molar-refractivity contribution >= 4 is 11.8 Å². The van der Waals surface area contributed by atoms with Gasteiger partial charge in [0.2, 0.25) is 5.91 Å². The quantitative estimate of drug-likeness (QED) is 0.588. The summed E-state index contributed by atoms with van der Waals surface area (Å²) in [7, 11) is 0. The summed E-state index contributed by atoms with van der Waals surface area (Å²) in [4.78, 5) is 28.6. The molecule has 0 atom stereocenters. The van der Waals surface area contributed by atoms with Crippen molar-refractivity contribution in [3.8, 4) is 11.5 Å². The first-order valence-corrected chi connectivity index (χ1v) is 11.3. The predicted molar refractivity (Wildman–Crippen MR) is 125 cm³/mol. The average molecular weight is 439 g/mol. The second-order valence-corrected chi connectivity index (χ2v) is 8.47. The van der Waals surface area contributed by atoms with E-state index in [4.69, 9.17) is 9.47 Å². The van der Waals surface area contributed by atoms with E-state index in [1.807, 2.05) is 69.0 Å². The van der Waals surface area contributed by atoms with Crippen molar-refractivity contribution in [3.63, 3.8) is 0 Å². The molecule has 3 rings (SSSR count). The molecule has 172 valence electrons. The van der Waals surface area contributed by atoms with E-state index < -0.39 is 0 Å². The van der Waals surface area contributed by atoms with Gasteiger partial charge in [-0.05, 0) is 68.5 Å². The maximum absolute atomic E-state index is 12.5. The van der Waals surface area contributed by atoms with Crippen LogP contribution in [0.3, 0.4) is 0 Å². The van der Waals surface area contributed by atoms with E-state index in [1.165, 1.54) is 5.56 Å². The third-order valence-electron chi connectivity index (χ3n) is 6.02. The van der Waals surface area contributed by atoms with Crippen molar-refractivity contribution in [2.24, 2.45) is 0 Å². The largest absolute Gasteiger partial charge is 0.493 e. The fourth-order valence-corrected chi connectivity index (χ4v) is 3.83. The van der Waals surface area contributed by atoms with Gasteiger partial charge in [-0.3, -0.25) is 9.59 Å². The second kappa shape index (κ2) is 11.0. The van der Waals surface area contributed by atoms with Crippen molar-refractivity contribution in [1.82, 2.24) is 9.80 Å². The Labute approximate surface area is 191 Å². The number of carbonyl (C=O) groups is 2. The van der Waals surface area contributed by atoms with E-state index in [1.54, 1.807) is 4.90 Å². The number of rotatable bonds is 8. The lowest BCUT2D eigenvalue weighted by atomic mass is 10.1. The third kappa shape index (κ3) is 6.25. The summed E-state index contributed by atoms with van der Waals surface area (Å²) in [6.07, 6.45) is 1.13. The number of aryl methyl sites for hydroxylation is 4. The zero-order chi connectivity index (χ0) is 23.1. The van der Waals surface area contributed by atoms with Crippen LogP contribution in [0.5, 0.6) is 11.5 Å². The SMILES string of the molecule is Cc1ccc(OCC(=O)N2CCN(C(=O)CCCOc3c(C)cccc3C)CC2)cc1C. The molecule has 2 aromatic carbocycles. The van der Waals surface area contributed by atoms with Crippen LogP contribution < -0.4 is 9.47 Å². The molecule has 0 saturated carbocycles. The monoisotopic (exact) mass is 438 g/mol. The lowest BCUT2D eigenvalue weighted by Crippen LogP contribution is -2.51. The number of nitrogens with zero attached hydrogens (tertiary/aromatic N) is 2. The minimum Gasteiger partial charge on any atom is -0.493 e. The van der Waals surface area contributed by atoms with Crippen LogP contribution in [0.4, 0.5) is 0 Å².